The van der Waals surface area contributed by atoms with Crippen LogP contribution in [0.4, 0.5) is 0 Å². The van der Waals surface area contributed by atoms with Crippen LogP contribution in [-0.4, -0.2) is 13.7 Å². The molecule has 2 nitrogen and oxygen atoms in total. The number of aryl methyl sites for hydroxylation is 2. The predicted octanol–water partition coefficient (Wildman–Crippen LogP) is 2.20. The third kappa shape index (κ3) is 2.48. The molecule has 1 aromatic rings. The fourth-order valence-electron chi connectivity index (χ4n) is 1.74. The molecule has 78 valence electrons. The minimum absolute atomic E-state index is 0.755. The van der Waals surface area contributed by atoms with Crippen LogP contribution >= 0.6 is 0 Å². The molecule has 0 aliphatic carbocycles. The van der Waals surface area contributed by atoms with Crippen molar-refractivity contribution in [2.75, 3.05) is 13.7 Å². The molecule has 0 saturated heterocycles. The van der Waals surface area contributed by atoms with Gasteiger partial charge in [0.15, 0.2) is 0 Å². The third-order valence-corrected chi connectivity index (χ3v) is 2.54. The lowest BCUT2D eigenvalue weighted by Gasteiger charge is -2.11. The summed E-state index contributed by atoms with van der Waals surface area (Å²) in [5.41, 5.74) is 9.52. The molecule has 0 atom stereocenters. The lowest BCUT2D eigenvalue weighted by Crippen LogP contribution is -2.03. The Bertz CT molecular complexity index is 284. The summed E-state index contributed by atoms with van der Waals surface area (Å²) in [5.74, 6) is 0.941. The van der Waals surface area contributed by atoms with Crippen molar-refractivity contribution in [1.82, 2.24) is 0 Å². The van der Waals surface area contributed by atoms with Gasteiger partial charge in [0.05, 0.1) is 7.11 Å². The van der Waals surface area contributed by atoms with Gasteiger partial charge in [0.25, 0.3) is 0 Å². The molecule has 0 unspecified atom stereocenters. The normalized spacial score (nSPS) is 10.3. The van der Waals surface area contributed by atoms with Crippen molar-refractivity contribution in [3.8, 4) is 5.75 Å². The zero-order valence-electron chi connectivity index (χ0n) is 9.26. The van der Waals surface area contributed by atoms with Crippen LogP contribution in [0.25, 0.3) is 0 Å². The van der Waals surface area contributed by atoms with E-state index in [1.54, 1.807) is 7.11 Å². The van der Waals surface area contributed by atoms with Crippen molar-refractivity contribution in [1.29, 1.82) is 0 Å². The fourth-order valence-corrected chi connectivity index (χ4v) is 1.74. The van der Waals surface area contributed by atoms with Crippen molar-refractivity contribution < 1.29 is 4.74 Å². The van der Waals surface area contributed by atoms with E-state index >= 15 is 0 Å². The van der Waals surface area contributed by atoms with Crippen LogP contribution in [0.3, 0.4) is 0 Å². The van der Waals surface area contributed by atoms with E-state index in [1.165, 1.54) is 16.7 Å². The van der Waals surface area contributed by atoms with Crippen LogP contribution in [0.5, 0.6) is 5.75 Å². The zero-order valence-corrected chi connectivity index (χ0v) is 9.26. The highest BCUT2D eigenvalue weighted by molar-refractivity contribution is 5.41. The standard InChI is InChI=1S/C12H19NO/c1-9-7-11(14-3)8-10(2)12(9)5-4-6-13/h7-8H,4-6,13H2,1-3H3. The lowest BCUT2D eigenvalue weighted by atomic mass is 9.98. The lowest BCUT2D eigenvalue weighted by molar-refractivity contribution is 0.414. The van der Waals surface area contributed by atoms with Crippen molar-refractivity contribution in [2.45, 2.75) is 26.7 Å². The Morgan fingerprint density at radius 3 is 2.21 bits per heavy atom. The van der Waals surface area contributed by atoms with Gasteiger partial charge in [-0.15, -0.1) is 0 Å². The molecular weight excluding hydrogens is 174 g/mol. The Morgan fingerprint density at radius 2 is 1.79 bits per heavy atom. The number of methoxy groups -OCH3 is 1. The Kier molecular flexibility index (Phi) is 3.96. The second-order valence-corrected chi connectivity index (χ2v) is 3.63. The average Bonchev–Trinajstić information content (AvgIpc) is 2.16. The summed E-state index contributed by atoms with van der Waals surface area (Å²) in [6, 6.07) is 4.16. The molecule has 0 radical (unpaired) electrons. The van der Waals surface area contributed by atoms with Crippen LogP contribution in [0.1, 0.15) is 23.1 Å². The quantitative estimate of drug-likeness (QED) is 0.795. The molecule has 0 amide bonds. The van der Waals surface area contributed by atoms with Gasteiger partial charge >= 0.3 is 0 Å². The van der Waals surface area contributed by atoms with Gasteiger partial charge in [0.1, 0.15) is 5.75 Å². The summed E-state index contributed by atoms with van der Waals surface area (Å²) in [6.07, 6.45) is 2.12. The Hall–Kier alpha value is -1.02. The van der Waals surface area contributed by atoms with Gasteiger partial charge in [-0.1, -0.05) is 0 Å². The van der Waals surface area contributed by atoms with Crippen molar-refractivity contribution >= 4 is 0 Å². The topological polar surface area (TPSA) is 35.2 Å². The van der Waals surface area contributed by atoms with E-state index in [9.17, 15) is 0 Å². The van der Waals surface area contributed by atoms with E-state index in [2.05, 4.69) is 26.0 Å². The predicted molar refractivity (Wildman–Crippen MR) is 59.8 cm³/mol. The van der Waals surface area contributed by atoms with Crippen LogP contribution in [0.15, 0.2) is 12.1 Å². The first kappa shape index (κ1) is 11.1. The van der Waals surface area contributed by atoms with Gasteiger partial charge < -0.3 is 10.5 Å². The summed E-state index contributed by atoms with van der Waals surface area (Å²) >= 11 is 0. The molecule has 0 bridgehead atoms. The highest BCUT2D eigenvalue weighted by Gasteiger charge is 2.04. The first-order chi connectivity index (χ1) is 6.69. The zero-order chi connectivity index (χ0) is 10.6. The molecule has 2 N–H and O–H groups in total. The van der Waals surface area contributed by atoms with Crippen LogP contribution < -0.4 is 10.5 Å². The number of nitrogens with two attached hydrogens (primary N) is 1. The van der Waals surface area contributed by atoms with E-state index < -0.39 is 0 Å². The molecule has 2 heteroatoms. The maximum atomic E-state index is 5.51. The number of rotatable bonds is 4. The van der Waals surface area contributed by atoms with E-state index in [4.69, 9.17) is 10.5 Å². The summed E-state index contributed by atoms with van der Waals surface area (Å²) < 4.78 is 5.21. The monoisotopic (exact) mass is 193 g/mol. The molecule has 0 fully saturated rings. The fraction of sp³-hybridized carbons (Fsp3) is 0.500. The second-order valence-electron chi connectivity index (χ2n) is 3.63. The first-order valence-corrected chi connectivity index (χ1v) is 5.03. The highest BCUT2D eigenvalue weighted by atomic mass is 16.5. The average molecular weight is 193 g/mol. The maximum absolute atomic E-state index is 5.51. The van der Waals surface area contributed by atoms with Crippen molar-refractivity contribution in [2.24, 2.45) is 5.73 Å². The molecular formula is C12H19NO. The van der Waals surface area contributed by atoms with Gasteiger partial charge in [-0.2, -0.15) is 0 Å². The Morgan fingerprint density at radius 1 is 1.21 bits per heavy atom. The largest absolute Gasteiger partial charge is 0.497 e. The van der Waals surface area contributed by atoms with Gasteiger partial charge in [-0.25, -0.2) is 0 Å². The molecule has 0 spiro atoms. The van der Waals surface area contributed by atoms with Crippen molar-refractivity contribution in [3.63, 3.8) is 0 Å². The van der Waals surface area contributed by atoms with E-state index in [0.29, 0.717) is 0 Å². The highest BCUT2D eigenvalue weighted by Crippen LogP contribution is 2.22. The summed E-state index contributed by atoms with van der Waals surface area (Å²) in [4.78, 5) is 0. The molecule has 0 aliphatic heterocycles. The SMILES string of the molecule is COc1cc(C)c(CCCN)c(C)c1. The van der Waals surface area contributed by atoms with Gasteiger partial charge in [0, 0.05) is 0 Å². The summed E-state index contributed by atoms with van der Waals surface area (Å²) in [7, 11) is 1.70. The van der Waals surface area contributed by atoms with Gasteiger partial charge in [0.2, 0.25) is 0 Å². The van der Waals surface area contributed by atoms with Gasteiger partial charge in [-0.05, 0) is 62.1 Å². The minimum Gasteiger partial charge on any atom is -0.497 e. The van der Waals surface area contributed by atoms with E-state index in [-0.39, 0.29) is 0 Å². The summed E-state index contributed by atoms with van der Waals surface area (Å²) in [5, 5.41) is 0. The molecule has 0 saturated carbocycles. The van der Waals surface area contributed by atoms with Crippen LogP contribution in [-0.2, 0) is 6.42 Å². The van der Waals surface area contributed by atoms with Gasteiger partial charge in [-0.3, -0.25) is 0 Å². The molecule has 1 rings (SSSR count). The molecule has 14 heavy (non-hydrogen) atoms. The number of benzene rings is 1. The third-order valence-electron chi connectivity index (χ3n) is 2.54. The smallest absolute Gasteiger partial charge is 0.119 e. The Balaban J connectivity index is 2.93. The van der Waals surface area contributed by atoms with Crippen LogP contribution in [0, 0.1) is 13.8 Å². The second kappa shape index (κ2) is 5.01. The number of hydrogen-bond donors (Lipinski definition) is 1. The number of hydrogen-bond acceptors (Lipinski definition) is 2. The van der Waals surface area contributed by atoms with E-state index in [0.717, 1.165) is 25.1 Å². The maximum Gasteiger partial charge on any atom is 0.119 e. The van der Waals surface area contributed by atoms with Crippen LogP contribution in [0.2, 0.25) is 0 Å². The molecule has 0 aliphatic rings. The molecule has 0 aromatic heterocycles. The molecule has 1 aromatic carbocycles. The minimum atomic E-state index is 0.755. The first-order valence-electron chi connectivity index (χ1n) is 5.03. The van der Waals surface area contributed by atoms with Crippen molar-refractivity contribution in [3.05, 3.63) is 28.8 Å². The van der Waals surface area contributed by atoms with E-state index in [1.807, 2.05) is 0 Å². The molecule has 0 heterocycles. The Labute approximate surface area is 86.1 Å². The number of ether oxygens (including phenoxy) is 1. The summed E-state index contributed by atoms with van der Waals surface area (Å²) in [6.45, 7) is 5.01.